The van der Waals surface area contributed by atoms with Crippen LogP contribution in [-0.4, -0.2) is 0 Å². The molecular formula is C54H35F3N2. The van der Waals surface area contributed by atoms with E-state index in [-0.39, 0.29) is 17.5 Å². The summed E-state index contributed by atoms with van der Waals surface area (Å²) in [6.45, 7) is 0. The third-order valence-electron chi connectivity index (χ3n) is 11.0. The molecule has 0 amide bonds. The number of benzene rings is 10. The summed E-state index contributed by atoms with van der Waals surface area (Å²) in [5.41, 5.74) is 8.79. The van der Waals surface area contributed by atoms with Crippen LogP contribution in [0.25, 0.3) is 54.6 Å². The molecule has 0 heterocycles. The Balaban J connectivity index is 1.23. The minimum absolute atomic E-state index is 0.357. The van der Waals surface area contributed by atoms with Crippen molar-refractivity contribution in [3.63, 3.8) is 0 Å². The molecule has 0 bridgehead atoms. The van der Waals surface area contributed by atoms with Crippen LogP contribution in [0.4, 0.5) is 47.3 Å². The number of hydrogen-bond acceptors (Lipinski definition) is 2. The van der Waals surface area contributed by atoms with Crippen LogP contribution >= 0.6 is 0 Å². The molecule has 0 N–H and O–H groups in total. The molecule has 0 saturated carbocycles. The average Bonchev–Trinajstić information content (AvgIpc) is 3.28. The Bertz CT molecular complexity index is 3130. The predicted molar refractivity (Wildman–Crippen MR) is 239 cm³/mol. The summed E-state index contributed by atoms with van der Waals surface area (Å²) in [5, 5.41) is 5.01. The van der Waals surface area contributed by atoms with Gasteiger partial charge in [0, 0.05) is 33.5 Å². The zero-order valence-corrected chi connectivity index (χ0v) is 31.7. The monoisotopic (exact) mass is 768 g/mol. The fourth-order valence-corrected chi connectivity index (χ4v) is 8.26. The molecule has 0 radical (unpaired) electrons. The van der Waals surface area contributed by atoms with E-state index in [1.807, 2.05) is 89.8 Å². The number of fused-ring (bicyclic) bond motifs is 5. The second-order valence-corrected chi connectivity index (χ2v) is 14.6. The van der Waals surface area contributed by atoms with E-state index in [0.29, 0.717) is 16.8 Å². The van der Waals surface area contributed by atoms with Crippen molar-refractivity contribution in [3.05, 3.63) is 230 Å². The van der Waals surface area contributed by atoms with Gasteiger partial charge in [0.15, 0.2) is 0 Å². The molecule has 2 nitrogen and oxygen atoms in total. The van der Waals surface area contributed by atoms with E-state index in [2.05, 4.69) is 77.7 Å². The quantitative estimate of drug-likeness (QED) is 0.142. The Hall–Kier alpha value is -7.63. The smallest absolute Gasteiger partial charge is 0.125 e. The third-order valence-corrected chi connectivity index (χ3v) is 11.0. The van der Waals surface area contributed by atoms with E-state index in [1.54, 1.807) is 24.3 Å². The summed E-state index contributed by atoms with van der Waals surface area (Å²) in [6, 6.07) is 67.1. The van der Waals surface area contributed by atoms with Gasteiger partial charge >= 0.3 is 0 Å². The van der Waals surface area contributed by atoms with E-state index in [0.717, 1.165) is 71.9 Å². The molecule has 10 aromatic rings. The zero-order chi connectivity index (χ0) is 39.9. The van der Waals surface area contributed by atoms with Crippen molar-refractivity contribution >= 4 is 66.4 Å². The van der Waals surface area contributed by atoms with E-state index in [9.17, 15) is 0 Å². The molecule has 59 heavy (non-hydrogen) atoms. The molecule has 10 rings (SSSR count). The average molecular weight is 769 g/mol. The fourth-order valence-electron chi connectivity index (χ4n) is 8.26. The largest absolute Gasteiger partial charge is 0.310 e. The Kier molecular flexibility index (Phi) is 9.11. The van der Waals surface area contributed by atoms with Crippen molar-refractivity contribution < 1.29 is 13.2 Å². The molecule has 0 unspecified atom stereocenters. The van der Waals surface area contributed by atoms with Gasteiger partial charge in [0.2, 0.25) is 0 Å². The Labute approximate surface area is 340 Å². The van der Waals surface area contributed by atoms with Gasteiger partial charge in [0.1, 0.15) is 17.5 Å². The van der Waals surface area contributed by atoms with Crippen molar-refractivity contribution in [1.29, 1.82) is 0 Å². The molecule has 0 fully saturated rings. The number of anilines is 6. The van der Waals surface area contributed by atoms with Crippen LogP contribution in [0.1, 0.15) is 0 Å². The Morgan fingerprint density at radius 1 is 0.237 bits per heavy atom. The summed E-state index contributed by atoms with van der Waals surface area (Å²) in [7, 11) is 0. The van der Waals surface area contributed by atoms with Crippen LogP contribution in [0.15, 0.2) is 212 Å². The van der Waals surface area contributed by atoms with Gasteiger partial charge in [-0.2, -0.15) is 0 Å². The molecule has 0 atom stereocenters. The van der Waals surface area contributed by atoms with E-state index >= 15 is 13.2 Å². The SMILES string of the molecule is Fc1cccc(N(c2ccc(-c3ccccc3)cc2)c2cc3c4cc(F)ccc4c(N(c4ccc(-c5ccccc5)cc4)c4cccc(F)c4)cc3c3ccccc23)c1. The summed E-state index contributed by atoms with van der Waals surface area (Å²) < 4.78 is 45.8. The second kappa shape index (κ2) is 15.0. The minimum atomic E-state index is -0.381. The van der Waals surface area contributed by atoms with Crippen LogP contribution in [0.3, 0.4) is 0 Å². The Morgan fingerprint density at radius 2 is 0.627 bits per heavy atom. The predicted octanol–water partition coefficient (Wildman–Crippen LogP) is 15.8. The molecule has 5 heteroatoms. The van der Waals surface area contributed by atoms with Gasteiger partial charge in [-0.1, -0.05) is 121 Å². The van der Waals surface area contributed by atoms with Crippen LogP contribution < -0.4 is 9.80 Å². The van der Waals surface area contributed by atoms with Crippen LogP contribution in [-0.2, 0) is 0 Å². The first kappa shape index (κ1) is 35.8. The molecule has 0 aromatic heterocycles. The highest BCUT2D eigenvalue weighted by Gasteiger charge is 2.23. The van der Waals surface area contributed by atoms with Gasteiger partial charge in [-0.05, 0) is 135 Å². The molecule has 282 valence electrons. The fraction of sp³-hybridized carbons (Fsp3) is 0. The topological polar surface area (TPSA) is 6.48 Å². The molecule has 0 spiro atoms. The lowest BCUT2D eigenvalue weighted by molar-refractivity contribution is 0.627. The maximum Gasteiger partial charge on any atom is 0.125 e. The molecule has 0 aliphatic rings. The van der Waals surface area contributed by atoms with Crippen LogP contribution in [0.2, 0.25) is 0 Å². The van der Waals surface area contributed by atoms with Crippen LogP contribution in [0, 0.1) is 17.5 Å². The van der Waals surface area contributed by atoms with E-state index in [1.165, 1.54) is 30.3 Å². The maximum absolute atomic E-state index is 15.6. The van der Waals surface area contributed by atoms with Crippen molar-refractivity contribution in [2.75, 3.05) is 9.80 Å². The number of nitrogens with zero attached hydrogens (tertiary/aromatic N) is 2. The normalized spacial score (nSPS) is 11.3. The summed E-state index contributed by atoms with van der Waals surface area (Å²) in [5.74, 6) is -1.10. The van der Waals surface area contributed by atoms with E-state index in [4.69, 9.17) is 0 Å². The molecule has 0 saturated heterocycles. The first-order valence-electron chi connectivity index (χ1n) is 19.5. The first-order chi connectivity index (χ1) is 29.0. The maximum atomic E-state index is 15.6. The van der Waals surface area contributed by atoms with Crippen LogP contribution in [0.5, 0.6) is 0 Å². The highest BCUT2D eigenvalue weighted by Crippen LogP contribution is 2.48. The summed E-state index contributed by atoms with van der Waals surface area (Å²) in [6.07, 6.45) is 0. The first-order valence-corrected chi connectivity index (χ1v) is 19.5. The van der Waals surface area contributed by atoms with Crippen molar-refractivity contribution in [2.24, 2.45) is 0 Å². The van der Waals surface area contributed by atoms with Crippen molar-refractivity contribution in [1.82, 2.24) is 0 Å². The van der Waals surface area contributed by atoms with Gasteiger partial charge in [-0.3, -0.25) is 0 Å². The lowest BCUT2D eigenvalue weighted by atomic mass is 9.93. The Morgan fingerprint density at radius 3 is 1.12 bits per heavy atom. The number of halogens is 3. The third kappa shape index (κ3) is 6.73. The number of hydrogen-bond donors (Lipinski definition) is 0. The van der Waals surface area contributed by atoms with Gasteiger partial charge in [-0.15, -0.1) is 0 Å². The van der Waals surface area contributed by atoms with Gasteiger partial charge in [0.25, 0.3) is 0 Å². The van der Waals surface area contributed by atoms with Gasteiger partial charge in [-0.25, -0.2) is 13.2 Å². The van der Waals surface area contributed by atoms with Crippen molar-refractivity contribution in [2.45, 2.75) is 0 Å². The lowest BCUT2D eigenvalue weighted by Gasteiger charge is -2.30. The van der Waals surface area contributed by atoms with Crippen molar-refractivity contribution in [3.8, 4) is 22.3 Å². The standard InChI is InChI=1S/C54H35F3N2/c55-40-15-9-17-45(31-40)58(43-26-21-38(22-27-43)36-11-3-1-4-12-36)53-35-52-50-33-42(57)25-30-49(50)54(34-51(52)47-19-7-8-20-48(47)53)59(46-18-10-16-41(56)32-46)44-28-23-39(24-29-44)37-13-5-2-6-14-37/h1-35H. The number of rotatable bonds is 8. The van der Waals surface area contributed by atoms with Gasteiger partial charge in [0.05, 0.1) is 11.4 Å². The molecule has 0 aliphatic carbocycles. The molecule has 10 aromatic carbocycles. The minimum Gasteiger partial charge on any atom is -0.310 e. The highest BCUT2D eigenvalue weighted by atomic mass is 19.1. The zero-order valence-electron chi connectivity index (χ0n) is 31.7. The van der Waals surface area contributed by atoms with Gasteiger partial charge < -0.3 is 9.80 Å². The summed E-state index contributed by atoms with van der Waals surface area (Å²) >= 11 is 0. The molecular weight excluding hydrogens is 734 g/mol. The summed E-state index contributed by atoms with van der Waals surface area (Å²) in [4.78, 5) is 4.10. The lowest BCUT2D eigenvalue weighted by Crippen LogP contribution is -2.12. The highest BCUT2D eigenvalue weighted by molar-refractivity contribution is 6.24. The second-order valence-electron chi connectivity index (χ2n) is 14.6. The van der Waals surface area contributed by atoms with E-state index < -0.39 is 0 Å². The molecule has 0 aliphatic heterocycles.